The lowest BCUT2D eigenvalue weighted by molar-refractivity contribution is -0.110. The van der Waals surface area contributed by atoms with Crippen LogP contribution in [0.5, 0.6) is 11.5 Å². The molecule has 0 unspecified atom stereocenters. The van der Waals surface area contributed by atoms with Gasteiger partial charge in [-0.3, -0.25) is 0 Å². The van der Waals surface area contributed by atoms with Crippen molar-refractivity contribution in [3.8, 4) is 11.5 Å². The van der Waals surface area contributed by atoms with Crippen LogP contribution >= 0.6 is 0 Å². The molecule has 0 saturated carbocycles. The Morgan fingerprint density at radius 3 is 1.37 bits per heavy atom. The Bertz CT molecular complexity index is 971. The van der Waals surface area contributed by atoms with Crippen LogP contribution in [0.1, 0.15) is 128 Å². The smallest absolute Gasteiger partial charge is 0.119 e. The van der Waals surface area contributed by atoms with Crippen molar-refractivity contribution in [2.45, 2.75) is 166 Å². The van der Waals surface area contributed by atoms with Crippen molar-refractivity contribution < 1.29 is 29.2 Å². The lowest BCUT2D eigenvalue weighted by atomic mass is 10.0. The maximum absolute atomic E-state index is 10.8. The first-order valence-corrected chi connectivity index (χ1v) is 18.7. The average Bonchev–Trinajstić information content (AvgIpc) is 3.78. The third-order valence-corrected chi connectivity index (χ3v) is 9.75. The van der Waals surface area contributed by atoms with E-state index >= 15 is 0 Å². The number of hydrogen-bond donors (Lipinski definition) is 2. The van der Waals surface area contributed by atoms with Gasteiger partial charge in [-0.15, -0.1) is 0 Å². The van der Waals surface area contributed by atoms with Gasteiger partial charge in [0.1, 0.15) is 11.5 Å². The van der Waals surface area contributed by atoms with E-state index in [9.17, 15) is 10.2 Å². The van der Waals surface area contributed by atoms with Crippen LogP contribution in [0.15, 0.2) is 48.5 Å². The van der Waals surface area contributed by atoms with Crippen molar-refractivity contribution in [3.63, 3.8) is 0 Å². The lowest BCUT2D eigenvalue weighted by Crippen LogP contribution is -2.33. The fraction of sp³-hybridized carbons (Fsp3) is 0.700. The highest BCUT2D eigenvalue weighted by atomic mass is 16.6. The molecular formula is C40H62O6. The molecule has 0 bridgehead atoms. The normalized spacial score (nSPS) is 22.6. The highest BCUT2D eigenvalue weighted by Crippen LogP contribution is 2.34. The highest BCUT2D eigenvalue weighted by molar-refractivity contribution is 5.28. The molecule has 2 aromatic carbocycles. The number of aliphatic hydroxyl groups is 2. The van der Waals surface area contributed by atoms with Gasteiger partial charge in [0.15, 0.2) is 0 Å². The maximum atomic E-state index is 10.8. The summed E-state index contributed by atoms with van der Waals surface area (Å²) in [4.78, 5) is 0. The molecule has 0 spiro atoms. The number of aryl methyl sites for hydroxylation is 2. The molecule has 46 heavy (non-hydrogen) atoms. The molecule has 2 heterocycles. The SMILES string of the molecule is CCCCc1ccc(OCCCCC[C@@H](O)[C@H]2CC[C@@H]([C@H]3CC[C@@H]([C@@H](O)CCCCCOc4ccc(CCCC)cc4)O3)O2)cc1. The van der Waals surface area contributed by atoms with E-state index in [2.05, 4.69) is 62.4 Å². The molecule has 2 saturated heterocycles. The summed E-state index contributed by atoms with van der Waals surface area (Å²) in [6.45, 7) is 5.86. The fourth-order valence-electron chi connectivity index (χ4n) is 6.77. The first-order chi connectivity index (χ1) is 22.6. The second-order valence-electron chi connectivity index (χ2n) is 13.6. The van der Waals surface area contributed by atoms with Crippen molar-refractivity contribution in [3.05, 3.63) is 59.7 Å². The number of aliphatic hydroxyl groups excluding tert-OH is 2. The molecule has 4 rings (SSSR count). The summed E-state index contributed by atoms with van der Waals surface area (Å²) in [5.74, 6) is 1.88. The summed E-state index contributed by atoms with van der Waals surface area (Å²) >= 11 is 0. The highest BCUT2D eigenvalue weighted by Gasteiger charge is 2.40. The van der Waals surface area contributed by atoms with Gasteiger partial charge < -0.3 is 29.2 Å². The molecule has 6 nitrogen and oxygen atoms in total. The minimum Gasteiger partial charge on any atom is -0.494 e. The molecule has 0 aromatic heterocycles. The summed E-state index contributed by atoms with van der Waals surface area (Å²) in [5, 5.41) is 21.6. The summed E-state index contributed by atoms with van der Waals surface area (Å²) in [6, 6.07) is 17.0. The van der Waals surface area contributed by atoms with Crippen molar-refractivity contribution in [2.75, 3.05) is 13.2 Å². The van der Waals surface area contributed by atoms with E-state index in [0.717, 1.165) is 101 Å². The number of rotatable bonds is 23. The standard InChI is InChI=1S/C40H62O6/c1-3-5-13-31-17-21-33(22-18-31)43-29-11-7-9-15-35(41)37-25-27-39(45-37)40-28-26-38(46-40)36(42)16-10-8-12-30-44-34-23-19-32(20-24-34)14-6-4-2/h17-24,35-42H,3-16,25-30H2,1-2H3/t35-,36+,37-,38+,39+,40-. The largest absolute Gasteiger partial charge is 0.494 e. The zero-order chi connectivity index (χ0) is 32.4. The molecular weight excluding hydrogens is 576 g/mol. The first kappa shape index (κ1) is 36.7. The van der Waals surface area contributed by atoms with Gasteiger partial charge in [-0.25, -0.2) is 0 Å². The second kappa shape index (κ2) is 21.0. The lowest BCUT2D eigenvalue weighted by Gasteiger charge is -2.24. The van der Waals surface area contributed by atoms with Crippen LogP contribution in [0, 0.1) is 0 Å². The molecule has 6 heteroatoms. The molecule has 2 N–H and O–H groups in total. The summed E-state index contributed by atoms with van der Waals surface area (Å²) in [7, 11) is 0. The van der Waals surface area contributed by atoms with Crippen LogP contribution < -0.4 is 9.47 Å². The van der Waals surface area contributed by atoms with E-state index in [1.165, 1.54) is 36.8 Å². The van der Waals surface area contributed by atoms with Gasteiger partial charge in [0.25, 0.3) is 0 Å². The Morgan fingerprint density at radius 2 is 0.978 bits per heavy atom. The number of benzene rings is 2. The summed E-state index contributed by atoms with van der Waals surface area (Å²) < 4.78 is 24.4. The Morgan fingerprint density at radius 1 is 0.565 bits per heavy atom. The van der Waals surface area contributed by atoms with E-state index in [1.807, 2.05) is 0 Å². The van der Waals surface area contributed by atoms with Crippen LogP contribution in [0.4, 0.5) is 0 Å². The molecule has 2 aromatic rings. The van der Waals surface area contributed by atoms with Gasteiger partial charge in [0.05, 0.1) is 49.8 Å². The molecule has 2 aliphatic rings. The number of unbranched alkanes of at least 4 members (excludes halogenated alkanes) is 6. The monoisotopic (exact) mass is 638 g/mol. The van der Waals surface area contributed by atoms with Crippen LogP contribution in [0.25, 0.3) is 0 Å². The maximum Gasteiger partial charge on any atom is 0.119 e. The van der Waals surface area contributed by atoms with Crippen molar-refractivity contribution in [1.29, 1.82) is 0 Å². The van der Waals surface area contributed by atoms with Gasteiger partial charge in [0, 0.05) is 0 Å². The third-order valence-electron chi connectivity index (χ3n) is 9.75. The van der Waals surface area contributed by atoms with E-state index < -0.39 is 12.2 Å². The van der Waals surface area contributed by atoms with Gasteiger partial charge in [0.2, 0.25) is 0 Å². The Kier molecular flexibility index (Phi) is 16.7. The zero-order valence-electron chi connectivity index (χ0n) is 28.8. The minimum absolute atomic E-state index is 0.0245. The van der Waals surface area contributed by atoms with Gasteiger partial charge in [-0.05, 0) is 125 Å². The Labute approximate surface area is 279 Å². The third kappa shape index (κ3) is 12.8. The van der Waals surface area contributed by atoms with Crippen LogP contribution in [0.3, 0.4) is 0 Å². The van der Waals surface area contributed by atoms with Gasteiger partial charge in [-0.1, -0.05) is 63.8 Å². The van der Waals surface area contributed by atoms with E-state index in [4.69, 9.17) is 18.9 Å². The predicted octanol–water partition coefficient (Wildman–Crippen LogP) is 8.77. The van der Waals surface area contributed by atoms with Crippen molar-refractivity contribution in [1.82, 2.24) is 0 Å². The minimum atomic E-state index is -0.432. The second-order valence-corrected chi connectivity index (χ2v) is 13.6. The number of hydrogen-bond acceptors (Lipinski definition) is 6. The molecule has 0 radical (unpaired) electrons. The van der Waals surface area contributed by atoms with E-state index in [-0.39, 0.29) is 24.4 Å². The van der Waals surface area contributed by atoms with Crippen molar-refractivity contribution in [2.24, 2.45) is 0 Å². The predicted molar refractivity (Wildman–Crippen MR) is 186 cm³/mol. The van der Waals surface area contributed by atoms with Crippen LogP contribution in [-0.2, 0) is 22.3 Å². The summed E-state index contributed by atoms with van der Waals surface area (Å²) in [5.41, 5.74) is 2.75. The summed E-state index contributed by atoms with van der Waals surface area (Å²) in [6.07, 6.45) is 17.2. The first-order valence-electron chi connectivity index (χ1n) is 18.7. The van der Waals surface area contributed by atoms with E-state index in [1.54, 1.807) is 0 Å². The quantitative estimate of drug-likeness (QED) is 0.119. The fourth-order valence-corrected chi connectivity index (χ4v) is 6.77. The molecule has 2 aliphatic heterocycles. The number of ether oxygens (including phenoxy) is 4. The molecule has 6 atom stereocenters. The van der Waals surface area contributed by atoms with Crippen molar-refractivity contribution >= 4 is 0 Å². The van der Waals surface area contributed by atoms with Crippen LogP contribution in [0.2, 0.25) is 0 Å². The van der Waals surface area contributed by atoms with Gasteiger partial charge in [-0.2, -0.15) is 0 Å². The average molecular weight is 639 g/mol. The molecule has 0 aliphatic carbocycles. The molecule has 258 valence electrons. The molecule has 2 fully saturated rings. The molecule has 0 amide bonds. The van der Waals surface area contributed by atoms with Gasteiger partial charge >= 0.3 is 0 Å². The Balaban J connectivity index is 1.00. The topological polar surface area (TPSA) is 77.4 Å². The van der Waals surface area contributed by atoms with E-state index in [0.29, 0.717) is 13.2 Å². The zero-order valence-corrected chi connectivity index (χ0v) is 28.8. The Hall–Kier alpha value is -2.12. The van der Waals surface area contributed by atoms with Crippen LogP contribution in [-0.4, -0.2) is 60.1 Å².